The van der Waals surface area contributed by atoms with Crippen molar-refractivity contribution in [1.82, 2.24) is 9.88 Å². The second-order valence-corrected chi connectivity index (χ2v) is 6.90. The van der Waals surface area contributed by atoms with Gasteiger partial charge < -0.3 is 19.0 Å². The van der Waals surface area contributed by atoms with Gasteiger partial charge in [-0.2, -0.15) is 0 Å². The first-order chi connectivity index (χ1) is 15.1. The molecule has 158 valence electrons. The Labute approximate surface area is 177 Å². The summed E-state index contributed by atoms with van der Waals surface area (Å²) < 4.78 is 40.7. The number of nitrogens with one attached hydrogen (secondary N) is 1. The third-order valence-corrected chi connectivity index (χ3v) is 4.83. The lowest BCUT2D eigenvalue weighted by atomic mass is 10.2. The van der Waals surface area contributed by atoms with E-state index in [1.807, 2.05) is 0 Å². The molecular weight excluding hydrogens is 402 g/mol. The molecule has 1 amide bonds. The largest absolute Gasteiger partial charge is 0.489 e. The number of carbonyl (C=O) groups excluding carboxylic acids is 1. The summed E-state index contributed by atoms with van der Waals surface area (Å²) in [5, 5.41) is 3.48. The molecule has 5 nitrogen and oxygen atoms in total. The zero-order chi connectivity index (χ0) is 21.8. The molecule has 2 heterocycles. The standard InChI is InChI=1S/C24H20F2N2O3/c1-2-10-31-23-7-3-6-21-19(23)13-22(24(29)27-14-18-5-4-11-30-18)28(21)15-16-12-17(25)8-9-20(16)26/h2-9,11-13H,1,10,14-15H2,(H,27,29). The second-order valence-electron chi connectivity index (χ2n) is 6.90. The van der Waals surface area contributed by atoms with Gasteiger partial charge in [-0.05, 0) is 48.5 Å². The monoisotopic (exact) mass is 422 g/mol. The topological polar surface area (TPSA) is 56.4 Å². The average Bonchev–Trinajstić information content (AvgIpc) is 3.41. The van der Waals surface area contributed by atoms with Gasteiger partial charge in [-0.1, -0.05) is 18.7 Å². The van der Waals surface area contributed by atoms with E-state index < -0.39 is 11.6 Å². The van der Waals surface area contributed by atoms with E-state index in [1.54, 1.807) is 47.0 Å². The zero-order valence-electron chi connectivity index (χ0n) is 16.6. The first-order valence-electron chi connectivity index (χ1n) is 9.67. The van der Waals surface area contributed by atoms with E-state index in [4.69, 9.17) is 9.15 Å². The van der Waals surface area contributed by atoms with Gasteiger partial charge in [0.2, 0.25) is 0 Å². The number of nitrogens with zero attached hydrogens (tertiary/aromatic N) is 1. The molecule has 1 N–H and O–H groups in total. The van der Waals surface area contributed by atoms with Crippen molar-refractivity contribution in [3.63, 3.8) is 0 Å². The molecule has 2 aromatic carbocycles. The number of aromatic nitrogens is 1. The lowest BCUT2D eigenvalue weighted by Crippen LogP contribution is -2.25. The molecule has 0 unspecified atom stereocenters. The highest BCUT2D eigenvalue weighted by molar-refractivity contribution is 6.00. The van der Waals surface area contributed by atoms with Crippen molar-refractivity contribution in [2.24, 2.45) is 0 Å². The first kappa shape index (κ1) is 20.4. The lowest BCUT2D eigenvalue weighted by molar-refractivity contribution is 0.0939. The highest BCUT2D eigenvalue weighted by Crippen LogP contribution is 2.30. The molecule has 0 fully saturated rings. The Morgan fingerprint density at radius 2 is 2.03 bits per heavy atom. The molecule has 0 saturated heterocycles. The summed E-state index contributed by atoms with van der Waals surface area (Å²) in [7, 11) is 0. The summed E-state index contributed by atoms with van der Waals surface area (Å²) in [5.41, 5.74) is 1.09. The number of fused-ring (bicyclic) bond motifs is 1. The maximum Gasteiger partial charge on any atom is 0.268 e. The van der Waals surface area contributed by atoms with Crippen LogP contribution in [0.4, 0.5) is 8.78 Å². The molecule has 0 saturated carbocycles. The van der Waals surface area contributed by atoms with Crippen molar-refractivity contribution in [3.05, 3.63) is 102 Å². The number of halogens is 2. The van der Waals surface area contributed by atoms with E-state index in [2.05, 4.69) is 11.9 Å². The van der Waals surface area contributed by atoms with Crippen LogP contribution in [0.25, 0.3) is 10.9 Å². The van der Waals surface area contributed by atoms with Crippen LogP contribution in [-0.2, 0) is 13.1 Å². The molecular formula is C24H20F2N2O3. The van der Waals surface area contributed by atoms with Crippen LogP contribution in [-0.4, -0.2) is 17.1 Å². The van der Waals surface area contributed by atoms with Crippen molar-refractivity contribution in [3.8, 4) is 5.75 Å². The fourth-order valence-corrected chi connectivity index (χ4v) is 3.40. The van der Waals surface area contributed by atoms with E-state index in [9.17, 15) is 13.6 Å². The molecule has 0 atom stereocenters. The zero-order valence-corrected chi connectivity index (χ0v) is 16.6. The highest BCUT2D eigenvalue weighted by Gasteiger charge is 2.19. The molecule has 0 aliphatic rings. The number of amides is 1. The van der Waals surface area contributed by atoms with Gasteiger partial charge in [0.15, 0.2) is 0 Å². The van der Waals surface area contributed by atoms with Gasteiger partial charge in [-0.3, -0.25) is 4.79 Å². The number of ether oxygens (including phenoxy) is 1. The number of carbonyl (C=O) groups is 1. The number of furan rings is 1. The van der Waals surface area contributed by atoms with Crippen LogP contribution in [0.3, 0.4) is 0 Å². The van der Waals surface area contributed by atoms with Crippen molar-refractivity contribution in [2.45, 2.75) is 13.1 Å². The Morgan fingerprint density at radius 1 is 1.16 bits per heavy atom. The van der Waals surface area contributed by atoms with Gasteiger partial charge in [0.25, 0.3) is 5.91 Å². The third-order valence-electron chi connectivity index (χ3n) is 4.83. The third kappa shape index (κ3) is 4.35. The SMILES string of the molecule is C=CCOc1cccc2c1cc(C(=O)NCc1ccco1)n2Cc1cc(F)ccc1F. The van der Waals surface area contributed by atoms with E-state index in [1.165, 1.54) is 6.26 Å². The van der Waals surface area contributed by atoms with E-state index >= 15 is 0 Å². The van der Waals surface area contributed by atoms with Crippen LogP contribution in [0, 0.1) is 11.6 Å². The quantitative estimate of drug-likeness (QED) is 0.404. The normalized spacial score (nSPS) is 10.9. The number of benzene rings is 2. The predicted octanol–water partition coefficient (Wildman–Crippen LogP) is 5.06. The van der Waals surface area contributed by atoms with E-state index in [0.717, 1.165) is 18.2 Å². The van der Waals surface area contributed by atoms with Crippen molar-refractivity contribution in [2.75, 3.05) is 6.61 Å². The molecule has 0 spiro atoms. The van der Waals surface area contributed by atoms with Crippen molar-refractivity contribution >= 4 is 16.8 Å². The van der Waals surface area contributed by atoms with Crippen LogP contribution in [0.1, 0.15) is 21.8 Å². The molecule has 4 aromatic rings. The number of rotatable bonds is 8. The number of hydrogen-bond donors (Lipinski definition) is 1. The van der Waals surface area contributed by atoms with Crippen LogP contribution >= 0.6 is 0 Å². The van der Waals surface area contributed by atoms with E-state index in [-0.39, 0.29) is 24.6 Å². The van der Waals surface area contributed by atoms with Gasteiger partial charge in [-0.25, -0.2) is 8.78 Å². The minimum absolute atomic E-state index is 0.0263. The van der Waals surface area contributed by atoms with E-state index in [0.29, 0.717) is 34.7 Å². The molecule has 0 aliphatic heterocycles. The molecule has 4 rings (SSSR count). The van der Waals surface area contributed by atoms with Gasteiger partial charge in [0.05, 0.1) is 24.9 Å². The second kappa shape index (κ2) is 8.87. The Balaban J connectivity index is 1.76. The Hall–Kier alpha value is -3.87. The van der Waals surface area contributed by atoms with Crippen molar-refractivity contribution in [1.29, 1.82) is 0 Å². The van der Waals surface area contributed by atoms with Gasteiger partial charge in [-0.15, -0.1) is 0 Å². The maximum atomic E-state index is 14.3. The maximum absolute atomic E-state index is 14.3. The molecule has 0 bridgehead atoms. The summed E-state index contributed by atoms with van der Waals surface area (Å²) in [4.78, 5) is 13.0. The Kier molecular flexibility index (Phi) is 5.84. The van der Waals surface area contributed by atoms with Crippen LogP contribution in [0.2, 0.25) is 0 Å². The predicted molar refractivity (Wildman–Crippen MR) is 113 cm³/mol. The molecule has 2 aromatic heterocycles. The van der Waals surface area contributed by atoms with Crippen LogP contribution < -0.4 is 10.1 Å². The summed E-state index contributed by atoms with van der Waals surface area (Å²) in [6.45, 7) is 4.11. The van der Waals surface area contributed by atoms with Crippen LogP contribution in [0.5, 0.6) is 5.75 Å². The van der Waals surface area contributed by atoms with Gasteiger partial charge in [0.1, 0.15) is 35.4 Å². The summed E-state index contributed by atoms with van der Waals surface area (Å²) in [6.07, 6.45) is 3.14. The smallest absolute Gasteiger partial charge is 0.268 e. The average molecular weight is 422 g/mol. The first-order valence-corrected chi connectivity index (χ1v) is 9.67. The van der Waals surface area contributed by atoms with Crippen LogP contribution in [0.15, 0.2) is 77.9 Å². The Bertz CT molecular complexity index is 1230. The van der Waals surface area contributed by atoms with Gasteiger partial charge >= 0.3 is 0 Å². The minimum Gasteiger partial charge on any atom is -0.489 e. The minimum atomic E-state index is -0.552. The Morgan fingerprint density at radius 3 is 2.81 bits per heavy atom. The fourth-order valence-electron chi connectivity index (χ4n) is 3.40. The van der Waals surface area contributed by atoms with Crippen molar-refractivity contribution < 1.29 is 22.7 Å². The highest BCUT2D eigenvalue weighted by atomic mass is 19.1. The fraction of sp³-hybridized carbons (Fsp3) is 0.125. The summed E-state index contributed by atoms with van der Waals surface area (Å²) in [6, 6.07) is 13.8. The number of hydrogen-bond acceptors (Lipinski definition) is 3. The summed E-state index contributed by atoms with van der Waals surface area (Å²) in [5.74, 6) is -0.312. The lowest BCUT2D eigenvalue weighted by Gasteiger charge is -2.12. The van der Waals surface area contributed by atoms with Gasteiger partial charge in [0, 0.05) is 10.9 Å². The molecule has 0 aliphatic carbocycles. The molecule has 31 heavy (non-hydrogen) atoms. The molecule has 0 radical (unpaired) electrons. The summed E-state index contributed by atoms with van der Waals surface area (Å²) >= 11 is 0. The molecule has 7 heteroatoms.